The van der Waals surface area contributed by atoms with Crippen LogP contribution in [-0.4, -0.2) is 33.1 Å². The average Bonchev–Trinajstić information content (AvgIpc) is 3.01. The zero-order valence-corrected chi connectivity index (χ0v) is 20.2. The van der Waals surface area contributed by atoms with Crippen LogP contribution in [0.15, 0.2) is 0 Å². The van der Waals surface area contributed by atoms with Crippen molar-refractivity contribution in [1.29, 1.82) is 0 Å². The summed E-state index contributed by atoms with van der Waals surface area (Å²) < 4.78 is 0. The first-order valence-corrected chi connectivity index (χ1v) is 13.1. The van der Waals surface area contributed by atoms with Crippen molar-refractivity contribution >= 4 is 0 Å². The van der Waals surface area contributed by atoms with E-state index in [2.05, 4.69) is 34.6 Å². The fourth-order valence-electron chi connectivity index (χ4n) is 9.29. The van der Waals surface area contributed by atoms with Gasteiger partial charge in [-0.1, -0.05) is 53.9 Å². The predicted octanol–water partition coefficient (Wildman–Crippen LogP) is 5.55. The lowest BCUT2D eigenvalue weighted by atomic mass is 9.42. The smallest absolute Gasteiger partial charge is 0.0985 e. The second-order valence-corrected chi connectivity index (χ2v) is 12.9. The Morgan fingerprint density at radius 3 is 2.33 bits per heavy atom. The third-order valence-electron chi connectivity index (χ3n) is 11.0. The minimum atomic E-state index is -1.11. The molecular formula is C27H48O3. The maximum Gasteiger partial charge on any atom is 0.0985 e. The third kappa shape index (κ3) is 3.41. The Balaban J connectivity index is 1.53. The van der Waals surface area contributed by atoms with Gasteiger partial charge in [0, 0.05) is 11.8 Å². The van der Waals surface area contributed by atoms with E-state index >= 15 is 0 Å². The van der Waals surface area contributed by atoms with Gasteiger partial charge >= 0.3 is 0 Å². The highest BCUT2D eigenvalue weighted by molar-refractivity contribution is 5.17. The summed E-state index contributed by atoms with van der Waals surface area (Å²) in [7, 11) is 0. The molecule has 4 aliphatic carbocycles. The molecule has 0 aromatic rings. The summed E-state index contributed by atoms with van der Waals surface area (Å²) >= 11 is 0. The number of aliphatic hydroxyl groups is 3. The van der Waals surface area contributed by atoms with Crippen LogP contribution in [0.1, 0.15) is 105 Å². The Bertz CT molecular complexity index is 619. The number of fused-ring (bicyclic) bond motifs is 5. The fraction of sp³-hybridized carbons (Fsp3) is 1.00. The Labute approximate surface area is 185 Å². The van der Waals surface area contributed by atoms with E-state index in [-0.39, 0.29) is 5.41 Å². The molecule has 0 saturated heterocycles. The van der Waals surface area contributed by atoms with Crippen LogP contribution in [0.2, 0.25) is 0 Å². The summed E-state index contributed by atoms with van der Waals surface area (Å²) in [6.07, 6.45) is 10.7. The van der Waals surface area contributed by atoms with Gasteiger partial charge in [-0.25, -0.2) is 0 Å². The third-order valence-corrected chi connectivity index (χ3v) is 11.0. The quantitative estimate of drug-likeness (QED) is 0.546. The van der Waals surface area contributed by atoms with Crippen molar-refractivity contribution in [2.24, 2.45) is 46.3 Å². The first-order chi connectivity index (χ1) is 14.0. The van der Waals surface area contributed by atoms with E-state index in [0.717, 1.165) is 37.0 Å². The molecule has 3 nitrogen and oxygen atoms in total. The zero-order valence-electron chi connectivity index (χ0n) is 20.2. The number of hydrogen-bond acceptors (Lipinski definition) is 3. The highest BCUT2D eigenvalue weighted by atomic mass is 16.3. The van der Waals surface area contributed by atoms with E-state index in [0.29, 0.717) is 29.6 Å². The summed E-state index contributed by atoms with van der Waals surface area (Å²) in [4.78, 5) is 0. The molecule has 0 aromatic carbocycles. The molecule has 0 bridgehead atoms. The molecule has 4 saturated carbocycles. The van der Waals surface area contributed by atoms with Crippen LogP contribution in [0, 0.1) is 46.3 Å². The van der Waals surface area contributed by atoms with Gasteiger partial charge in [-0.05, 0) is 85.9 Å². The molecule has 0 amide bonds. The Kier molecular flexibility index (Phi) is 6.17. The van der Waals surface area contributed by atoms with Gasteiger partial charge in [0.2, 0.25) is 0 Å². The van der Waals surface area contributed by atoms with Crippen molar-refractivity contribution in [1.82, 2.24) is 0 Å². The van der Waals surface area contributed by atoms with E-state index in [1.165, 1.54) is 44.9 Å². The second-order valence-electron chi connectivity index (χ2n) is 12.9. The fourth-order valence-corrected chi connectivity index (χ4v) is 9.29. The SMILES string of the molecule is CC(C)CCC[C@@H](C)[C@H]1CCC2C3C[C@@H](O)[C@@]4(O)C[C@@H](O)CCC4(C)[C@@H]3CC[C@@]21C. The molecule has 0 aromatic heterocycles. The van der Waals surface area contributed by atoms with Gasteiger partial charge in [-0.2, -0.15) is 0 Å². The zero-order chi connectivity index (χ0) is 21.9. The molecule has 4 rings (SSSR count). The van der Waals surface area contributed by atoms with Gasteiger partial charge in [0.05, 0.1) is 17.8 Å². The Morgan fingerprint density at radius 2 is 1.63 bits per heavy atom. The maximum atomic E-state index is 11.6. The van der Waals surface area contributed by atoms with Crippen molar-refractivity contribution < 1.29 is 15.3 Å². The minimum absolute atomic E-state index is 0.253. The maximum absolute atomic E-state index is 11.6. The van der Waals surface area contributed by atoms with Gasteiger partial charge in [0.1, 0.15) is 0 Å². The summed E-state index contributed by atoms with van der Waals surface area (Å²) in [5, 5.41) is 33.0. The lowest BCUT2D eigenvalue weighted by molar-refractivity contribution is -0.264. The number of aliphatic hydroxyl groups excluding tert-OH is 2. The molecule has 4 aliphatic rings. The molecular weight excluding hydrogens is 372 g/mol. The van der Waals surface area contributed by atoms with Crippen molar-refractivity contribution in [3.63, 3.8) is 0 Å². The molecule has 3 N–H and O–H groups in total. The van der Waals surface area contributed by atoms with E-state index in [1.807, 2.05) is 0 Å². The minimum Gasteiger partial charge on any atom is -0.393 e. The van der Waals surface area contributed by atoms with E-state index in [1.54, 1.807) is 0 Å². The standard InChI is InChI=1S/C27H48O3/c1-17(2)7-6-8-18(3)21-9-10-22-20-15-24(29)27(30)16-19(28)11-14-26(27,5)23(20)12-13-25(21,22)4/h17-24,28-30H,6-16H2,1-5H3/t18-,19+,20?,21-,22?,23-,24-,25-,26?,27+/m1/s1. The first-order valence-electron chi connectivity index (χ1n) is 13.1. The van der Waals surface area contributed by atoms with Crippen LogP contribution < -0.4 is 0 Å². The molecule has 4 fully saturated rings. The van der Waals surface area contributed by atoms with Crippen LogP contribution in [-0.2, 0) is 0 Å². The molecule has 0 radical (unpaired) electrons. The number of rotatable bonds is 5. The molecule has 3 unspecified atom stereocenters. The predicted molar refractivity (Wildman–Crippen MR) is 122 cm³/mol. The van der Waals surface area contributed by atoms with Gasteiger partial charge in [0.15, 0.2) is 0 Å². The van der Waals surface area contributed by atoms with Crippen molar-refractivity contribution in [2.45, 2.75) is 123 Å². The van der Waals surface area contributed by atoms with Gasteiger partial charge in [-0.15, -0.1) is 0 Å². The van der Waals surface area contributed by atoms with Crippen LogP contribution >= 0.6 is 0 Å². The van der Waals surface area contributed by atoms with Gasteiger partial charge < -0.3 is 15.3 Å². The Morgan fingerprint density at radius 1 is 0.900 bits per heavy atom. The lowest BCUT2D eigenvalue weighted by Gasteiger charge is -2.65. The lowest BCUT2D eigenvalue weighted by Crippen LogP contribution is -2.68. The molecule has 30 heavy (non-hydrogen) atoms. The monoisotopic (exact) mass is 420 g/mol. The molecule has 174 valence electrons. The average molecular weight is 421 g/mol. The molecule has 10 atom stereocenters. The van der Waals surface area contributed by atoms with E-state index < -0.39 is 17.8 Å². The van der Waals surface area contributed by atoms with Crippen molar-refractivity contribution in [3.8, 4) is 0 Å². The van der Waals surface area contributed by atoms with Crippen LogP contribution in [0.5, 0.6) is 0 Å². The normalized spacial score (nSPS) is 51.9. The summed E-state index contributed by atoms with van der Waals surface area (Å²) in [6, 6.07) is 0. The van der Waals surface area contributed by atoms with Crippen molar-refractivity contribution in [2.75, 3.05) is 0 Å². The van der Waals surface area contributed by atoms with E-state index in [4.69, 9.17) is 0 Å². The second kappa shape index (κ2) is 8.03. The topological polar surface area (TPSA) is 60.7 Å². The van der Waals surface area contributed by atoms with Gasteiger partial charge in [0.25, 0.3) is 0 Å². The van der Waals surface area contributed by atoms with Crippen LogP contribution in [0.25, 0.3) is 0 Å². The van der Waals surface area contributed by atoms with Crippen LogP contribution in [0.4, 0.5) is 0 Å². The van der Waals surface area contributed by atoms with E-state index in [9.17, 15) is 15.3 Å². The molecule has 0 spiro atoms. The van der Waals surface area contributed by atoms with Crippen LogP contribution in [0.3, 0.4) is 0 Å². The molecule has 0 aliphatic heterocycles. The highest BCUT2D eigenvalue weighted by Gasteiger charge is 2.67. The highest BCUT2D eigenvalue weighted by Crippen LogP contribution is 2.69. The van der Waals surface area contributed by atoms with Gasteiger partial charge in [-0.3, -0.25) is 0 Å². The van der Waals surface area contributed by atoms with Crippen molar-refractivity contribution in [3.05, 3.63) is 0 Å². The molecule has 3 heteroatoms. The first kappa shape index (κ1) is 23.1. The number of hydrogen-bond donors (Lipinski definition) is 3. The largest absolute Gasteiger partial charge is 0.393 e. The summed E-state index contributed by atoms with van der Waals surface area (Å²) in [6.45, 7) is 12.0. The summed E-state index contributed by atoms with van der Waals surface area (Å²) in [5.41, 5.74) is -0.962. The Hall–Kier alpha value is -0.120. The molecule has 0 heterocycles. The summed E-state index contributed by atoms with van der Waals surface area (Å²) in [5.74, 6) is 4.13.